The molecule has 7 nitrogen and oxygen atoms in total. The second-order valence-corrected chi connectivity index (χ2v) is 13.1. The molecule has 0 spiro atoms. The van der Waals surface area contributed by atoms with Crippen molar-refractivity contribution in [3.05, 3.63) is 130 Å². The van der Waals surface area contributed by atoms with E-state index in [4.69, 9.17) is 23.2 Å². The summed E-state index contributed by atoms with van der Waals surface area (Å²) < 4.78 is 29.0. The number of nitrogens with zero attached hydrogens (tertiary/aromatic N) is 2. The number of hydrogen-bond donors (Lipinski definition) is 1. The van der Waals surface area contributed by atoms with Crippen molar-refractivity contribution in [1.82, 2.24) is 10.2 Å². The van der Waals surface area contributed by atoms with Gasteiger partial charge in [0.25, 0.3) is 10.0 Å². The van der Waals surface area contributed by atoms with Crippen LogP contribution in [-0.2, 0) is 32.6 Å². The molecule has 0 radical (unpaired) electrons. The van der Waals surface area contributed by atoms with E-state index in [0.29, 0.717) is 21.3 Å². The molecule has 0 aliphatic heterocycles. The van der Waals surface area contributed by atoms with Crippen LogP contribution >= 0.6 is 23.2 Å². The van der Waals surface area contributed by atoms with Gasteiger partial charge in [0.2, 0.25) is 11.8 Å². The quantitative estimate of drug-likeness (QED) is 0.196. The summed E-state index contributed by atoms with van der Waals surface area (Å²) in [7, 11) is -4.20. The number of carbonyl (C=O) groups is 2. The van der Waals surface area contributed by atoms with E-state index in [9.17, 15) is 18.0 Å². The molecule has 0 saturated carbocycles. The van der Waals surface area contributed by atoms with Crippen molar-refractivity contribution < 1.29 is 18.0 Å². The molecule has 1 atom stereocenters. The van der Waals surface area contributed by atoms with Crippen LogP contribution in [0.1, 0.15) is 25.0 Å². The Morgan fingerprint density at radius 3 is 1.98 bits per heavy atom. The first-order valence-electron chi connectivity index (χ1n) is 13.8. The lowest BCUT2D eigenvalue weighted by molar-refractivity contribution is -0.140. The monoisotopic (exact) mass is 637 g/mol. The first-order chi connectivity index (χ1) is 20.5. The van der Waals surface area contributed by atoms with Crippen molar-refractivity contribution >= 4 is 50.7 Å². The third kappa shape index (κ3) is 8.60. The molecule has 4 aromatic rings. The average molecular weight is 639 g/mol. The molecule has 10 heteroatoms. The van der Waals surface area contributed by atoms with E-state index in [1.807, 2.05) is 50.2 Å². The van der Waals surface area contributed by atoms with Crippen molar-refractivity contribution in [2.24, 2.45) is 0 Å². The molecule has 0 saturated heterocycles. The number of nitrogens with one attached hydrogen (secondary N) is 1. The van der Waals surface area contributed by atoms with Crippen molar-refractivity contribution in [2.45, 2.75) is 43.8 Å². The van der Waals surface area contributed by atoms with Gasteiger partial charge in [0.15, 0.2) is 0 Å². The molecule has 4 rings (SSSR count). The SMILES string of the molecule is CC(C)NC(=O)[C@H](Cc1ccccc1)N(Cc1cccc(Cl)c1)C(=O)CN(c1ccccc1)S(=O)(=O)c1ccc(Cl)cc1. The first kappa shape index (κ1) is 32.1. The van der Waals surface area contributed by atoms with Crippen LogP contribution in [0.15, 0.2) is 114 Å². The molecule has 0 aromatic heterocycles. The zero-order valence-corrected chi connectivity index (χ0v) is 26.2. The summed E-state index contributed by atoms with van der Waals surface area (Å²) in [5.41, 5.74) is 1.85. The highest BCUT2D eigenvalue weighted by molar-refractivity contribution is 7.92. The van der Waals surface area contributed by atoms with Crippen LogP contribution in [0.2, 0.25) is 10.0 Å². The predicted octanol–water partition coefficient (Wildman–Crippen LogP) is 6.35. The highest BCUT2D eigenvalue weighted by atomic mass is 35.5. The van der Waals surface area contributed by atoms with E-state index in [1.165, 1.54) is 29.2 Å². The number of halogens is 2. The fourth-order valence-corrected chi connectivity index (χ4v) is 6.38. The summed E-state index contributed by atoms with van der Waals surface area (Å²) in [5.74, 6) is -0.901. The van der Waals surface area contributed by atoms with Crippen molar-refractivity contribution in [1.29, 1.82) is 0 Å². The van der Waals surface area contributed by atoms with E-state index in [0.717, 1.165) is 9.87 Å². The van der Waals surface area contributed by atoms with Gasteiger partial charge >= 0.3 is 0 Å². The fraction of sp³-hybridized carbons (Fsp3) is 0.212. The second kappa shape index (κ2) is 14.6. The Hall–Kier alpha value is -3.85. The molecule has 0 aliphatic rings. The molecule has 1 N–H and O–H groups in total. The summed E-state index contributed by atoms with van der Waals surface area (Å²) in [6.07, 6.45) is 0.223. The molecule has 4 aromatic carbocycles. The van der Waals surface area contributed by atoms with Crippen molar-refractivity contribution in [3.8, 4) is 0 Å². The maximum atomic E-state index is 14.4. The number of amides is 2. The van der Waals surface area contributed by atoms with Gasteiger partial charge in [-0.1, -0.05) is 83.9 Å². The number of hydrogen-bond acceptors (Lipinski definition) is 4. The zero-order valence-electron chi connectivity index (χ0n) is 23.9. The number of para-hydroxylation sites is 1. The lowest BCUT2D eigenvalue weighted by atomic mass is 10.0. The van der Waals surface area contributed by atoms with E-state index in [2.05, 4.69) is 5.32 Å². The summed E-state index contributed by atoms with van der Waals surface area (Å²) >= 11 is 12.3. The minimum atomic E-state index is -4.20. The van der Waals surface area contributed by atoms with Gasteiger partial charge in [0, 0.05) is 29.1 Å². The number of anilines is 1. The standard InChI is InChI=1S/C33H33Cl2N3O4S/c1-24(2)36-33(40)31(21-25-10-5-3-6-11-25)37(22-26-12-9-13-28(35)20-26)32(39)23-38(29-14-7-4-8-15-29)43(41,42)30-18-16-27(34)17-19-30/h3-20,24,31H,21-23H2,1-2H3,(H,36,40)/t31-/m0/s1. The molecule has 0 heterocycles. The van der Waals surface area contributed by atoms with Gasteiger partial charge in [-0.25, -0.2) is 8.42 Å². The van der Waals surface area contributed by atoms with Crippen LogP contribution in [0.3, 0.4) is 0 Å². The molecule has 224 valence electrons. The lowest BCUT2D eigenvalue weighted by Gasteiger charge is -2.34. The number of carbonyl (C=O) groups excluding carboxylic acids is 2. The van der Waals surface area contributed by atoms with Crippen LogP contribution in [0.25, 0.3) is 0 Å². The first-order valence-corrected chi connectivity index (χ1v) is 16.0. The average Bonchev–Trinajstić information content (AvgIpc) is 2.98. The van der Waals surface area contributed by atoms with E-state index in [-0.39, 0.29) is 29.8 Å². The van der Waals surface area contributed by atoms with E-state index >= 15 is 0 Å². The smallest absolute Gasteiger partial charge is 0.264 e. The molecule has 0 fully saturated rings. The normalized spacial score (nSPS) is 12.0. The zero-order chi connectivity index (χ0) is 31.0. The van der Waals surface area contributed by atoms with Crippen LogP contribution in [0.4, 0.5) is 5.69 Å². The van der Waals surface area contributed by atoms with Gasteiger partial charge < -0.3 is 10.2 Å². The predicted molar refractivity (Wildman–Crippen MR) is 172 cm³/mol. The molecular formula is C33H33Cl2N3O4S. The maximum Gasteiger partial charge on any atom is 0.264 e. The largest absolute Gasteiger partial charge is 0.352 e. The third-order valence-electron chi connectivity index (χ3n) is 6.67. The Morgan fingerprint density at radius 1 is 0.767 bits per heavy atom. The van der Waals surface area contributed by atoms with Crippen molar-refractivity contribution in [2.75, 3.05) is 10.8 Å². The number of sulfonamides is 1. The topological polar surface area (TPSA) is 86.8 Å². The van der Waals surface area contributed by atoms with Gasteiger partial charge in [0.1, 0.15) is 12.6 Å². The van der Waals surface area contributed by atoms with E-state index < -0.39 is 28.5 Å². The summed E-state index contributed by atoms with van der Waals surface area (Å²) in [4.78, 5) is 29.5. The molecule has 43 heavy (non-hydrogen) atoms. The maximum absolute atomic E-state index is 14.4. The van der Waals surface area contributed by atoms with Gasteiger partial charge in [-0.2, -0.15) is 0 Å². The van der Waals surface area contributed by atoms with Crippen LogP contribution in [0.5, 0.6) is 0 Å². The van der Waals surface area contributed by atoms with Gasteiger partial charge in [-0.05, 0) is 73.5 Å². The molecular weight excluding hydrogens is 605 g/mol. The Bertz CT molecular complexity index is 1630. The molecule has 2 amide bonds. The minimum Gasteiger partial charge on any atom is -0.352 e. The van der Waals surface area contributed by atoms with Gasteiger partial charge in [-0.15, -0.1) is 0 Å². The summed E-state index contributed by atoms with van der Waals surface area (Å²) in [6, 6.07) is 29.4. The van der Waals surface area contributed by atoms with Gasteiger partial charge in [0.05, 0.1) is 10.6 Å². The fourth-order valence-electron chi connectivity index (χ4n) is 4.62. The van der Waals surface area contributed by atoms with E-state index in [1.54, 1.807) is 48.5 Å². The Kier molecular flexibility index (Phi) is 10.9. The van der Waals surface area contributed by atoms with Crippen LogP contribution in [0, 0.1) is 0 Å². The summed E-state index contributed by atoms with van der Waals surface area (Å²) in [6.45, 7) is 3.18. The lowest BCUT2D eigenvalue weighted by Crippen LogP contribution is -2.54. The molecule has 0 aliphatic carbocycles. The summed E-state index contributed by atoms with van der Waals surface area (Å²) in [5, 5.41) is 3.80. The van der Waals surface area contributed by atoms with Crippen LogP contribution < -0.4 is 9.62 Å². The Balaban J connectivity index is 1.79. The molecule has 0 bridgehead atoms. The highest BCUT2D eigenvalue weighted by Gasteiger charge is 2.34. The third-order valence-corrected chi connectivity index (χ3v) is 8.94. The Morgan fingerprint density at radius 2 is 1.37 bits per heavy atom. The molecule has 0 unspecified atom stereocenters. The number of benzene rings is 4. The highest BCUT2D eigenvalue weighted by Crippen LogP contribution is 2.26. The second-order valence-electron chi connectivity index (χ2n) is 10.3. The minimum absolute atomic E-state index is 0.0201. The van der Waals surface area contributed by atoms with Crippen molar-refractivity contribution in [3.63, 3.8) is 0 Å². The number of rotatable bonds is 12. The Labute approximate surface area is 263 Å². The van der Waals surface area contributed by atoms with Gasteiger partial charge in [-0.3, -0.25) is 13.9 Å². The van der Waals surface area contributed by atoms with Crippen LogP contribution in [-0.4, -0.2) is 43.8 Å².